The number of phenolic OH excluding ortho intramolecular Hbond substituents is 1. The van der Waals surface area contributed by atoms with Crippen molar-refractivity contribution in [1.82, 2.24) is 4.98 Å². The van der Waals surface area contributed by atoms with Gasteiger partial charge in [-0.2, -0.15) is 0 Å². The normalized spacial score (nSPS) is 16.1. The number of phenols is 1. The van der Waals surface area contributed by atoms with Crippen LogP contribution in [0.4, 0.5) is 5.69 Å². The SMILES string of the molecule is COC(=O)C1(c2nc3cc(O)c([N+](=O)[O-])cc3o2)CC1. The van der Waals surface area contributed by atoms with Gasteiger partial charge in [-0.15, -0.1) is 0 Å². The number of fused-ring (bicyclic) bond motifs is 1. The minimum absolute atomic E-state index is 0.152. The monoisotopic (exact) mass is 278 g/mol. The van der Waals surface area contributed by atoms with E-state index in [9.17, 15) is 20.0 Å². The lowest BCUT2D eigenvalue weighted by Crippen LogP contribution is -2.22. The molecule has 20 heavy (non-hydrogen) atoms. The summed E-state index contributed by atoms with van der Waals surface area (Å²) in [6.07, 6.45) is 1.11. The van der Waals surface area contributed by atoms with Crippen molar-refractivity contribution in [3.63, 3.8) is 0 Å². The van der Waals surface area contributed by atoms with Crippen LogP contribution >= 0.6 is 0 Å². The molecule has 8 nitrogen and oxygen atoms in total. The number of aromatic hydroxyl groups is 1. The Morgan fingerprint density at radius 3 is 2.80 bits per heavy atom. The number of nitro groups is 1. The summed E-state index contributed by atoms with van der Waals surface area (Å²) in [7, 11) is 1.28. The molecular weight excluding hydrogens is 268 g/mol. The van der Waals surface area contributed by atoms with E-state index in [2.05, 4.69) is 4.98 Å². The number of oxazole rings is 1. The summed E-state index contributed by atoms with van der Waals surface area (Å²) < 4.78 is 10.2. The van der Waals surface area contributed by atoms with Crippen LogP contribution in [0.1, 0.15) is 18.7 Å². The molecule has 1 fully saturated rings. The second-order valence-corrected chi connectivity index (χ2v) is 4.66. The minimum atomic E-state index is -0.891. The number of hydrogen-bond donors (Lipinski definition) is 1. The van der Waals surface area contributed by atoms with Crippen LogP contribution in [0.2, 0.25) is 0 Å². The van der Waals surface area contributed by atoms with E-state index < -0.39 is 27.7 Å². The molecular formula is C12H10N2O6. The van der Waals surface area contributed by atoms with E-state index >= 15 is 0 Å². The van der Waals surface area contributed by atoms with E-state index in [0.717, 1.165) is 12.1 Å². The molecule has 3 rings (SSSR count). The van der Waals surface area contributed by atoms with Crippen molar-refractivity contribution < 1.29 is 24.0 Å². The first-order chi connectivity index (χ1) is 9.48. The molecule has 0 bridgehead atoms. The molecule has 1 aromatic carbocycles. The smallest absolute Gasteiger partial charge is 0.321 e. The fourth-order valence-electron chi connectivity index (χ4n) is 2.13. The first kappa shape index (κ1) is 12.4. The maximum Gasteiger partial charge on any atom is 0.321 e. The number of nitro benzene ring substituents is 1. The molecule has 8 heteroatoms. The van der Waals surface area contributed by atoms with Gasteiger partial charge in [-0.05, 0) is 12.8 Å². The molecule has 1 aliphatic carbocycles. The third-order valence-electron chi connectivity index (χ3n) is 3.42. The number of carbonyl (C=O) groups excluding carboxylic acids is 1. The maximum atomic E-state index is 11.7. The Labute approximate surface area is 112 Å². The van der Waals surface area contributed by atoms with Crippen molar-refractivity contribution in [2.75, 3.05) is 7.11 Å². The van der Waals surface area contributed by atoms with Crippen LogP contribution in [-0.4, -0.2) is 28.1 Å². The van der Waals surface area contributed by atoms with Gasteiger partial charge in [0.05, 0.1) is 18.1 Å². The number of nitrogens with zero attached hydrogens (tertiary/aromatic N) is 2. The van der Waals surface area contributed by atoms with Gasteiger partial charge in [0.15, 0.2) is 11.3 Å². The molecule has 1 aromatic heterocycles. The van der Waals surface area contributed by atoms with Crippen molar-refractivity contribution in [3.05, 3.63) is 28.1 Å². The summed E-state index contributed by atoms with van der Waals surface area (Å²) in [6, 6.07) is 2.24. The largest absolute Gasteiger partial charge is 0.502 e. The van der Waals surface area contributed by atoms with Crippen LogP contribution < -0.4 is 0 Å². The first-order valence-corrected chi connectivity index (χ1v) is 5.85. The fourth-order valence-corrected chi connectivity index (χ4v) is 2.13. The van der Waals surface area contributed by atoms with Crippen molar-refractivity contribution in [2.45, 2.75) is 18.3 Å². The molecule has 1 saturated carbocycles. The molecule has 0 saturated heterocycles. The molecule has 0 unspecified atom stereocenters. The molecule has 1 heterocycles. The molecule has 0 spiro atoms. The summed E-state index contributed by atoms with van der Waals surface area (Å²) in [5.41, 5.74) is -0.945. The zero-order valence-corrected chi connectivity index (χ0v) is 10.5. The Morgan fingerprint density at radius 2 is 2.25 bits per heavy atom. The molecule has 1 N–H and O–H groups in total. The Hall–Kier alpha value is -2.64. The average molecular weight is 278 g/mol. The number of carbonyl (C=O) groups is 1. The molecule has 1 aliphatic rings. The zero-order valence-electron chi connectivity index (χ0n) is 10.5. The van der Waals surface area contributed by atoms with Gasteiger partial charge in [0.1, 0.15) is 10.9 Å². The Kier molecular flexibility index (Phi) is 2.43. The molecule has 0 radical (unpaired) electrons. The third kappa shape index (κ3) is 1.61. The highest BCUT2D eigenvalue weighted by molar-refractivity contribution is 5.87. The highest BCUT2D eigenvalue weighted by Crippen LogP contribution is 2.49. The second-order valence-electron chi connectivity index (χ2n) is 4.66. The number of hydrogen-bond acceptors (Lipinski definition) is 7. The third-order valence-corrected chi connectivity index (χ3v) is 3.42. The zero-order chi connectivity index (χ0) is 14.5. The Balaban J connectivity index is 2.12. The van der Waals surface area contributed by atoms with Crippen molar-refractivity contribution >= 4 is 22.8 Å². The summed E-state index contributed by atoms with van der Waals surface area (Å²) in [6.45, 7) is 0. The van der Waals surface area contributed by atoms with Gasteiger partial charge in [-0.1, -0.05) is 0 Å². The number of benzene rings is 1. The van der Waals surface area contributed by atoms with Gasteiger partial charge < -0.3 is 14.3 Å². The Bertz CT molecular complexity index is 731. The van der Waals surface area contributed by atoms with E-state index in [0.29, 0.717) is 12.8 Å². The predicted molar refractivity (Wildman–Crippen MR) is 65.3 cm³/mol. The average Bonchev–Trinajstić information content (AvgIpc) is 3.12. The first-order valence-electron chi connectivity index (χ1n) is 5.85. The topological polar surface area (TPSA) is 116 Å². The van der Waals surface area contributed by atoms with E-state index in [1.165, 1.54) is 7.11 Å². The number of esters is 1. The van der Waals surface area contributed by atoms with Crippen molar-refractivity contribution in [1.29, 1.82) is 0 Å². The highest BCUT2D eigenvalue weighted by atomic mass is 16.6. The van der Waals surface area contributed by atoms with Gasteiger partial charge >= 0.3 is 11.7 Å². The van der Waals surface area contributed by atoms with Crippen LogP contribution in [0.25, 0.3) is 11.1 Å². The van der Waals surface area contributed by atoms with Crippen LogP contribution in [0, 0.1) is 10.1 Å². The van der Waals surface area contributed by atoms with E-state index in [-0.39, 0.29) is 17.0 Å². The summed E-state index contributed by atoms with van der Waals surface area (Å²) in [5, 5.41) is 20.3. The van der Waals surface area contributed by atoms with Crippen molar-refractivity contribution in [3.8, 4) is 5.75 Å². The number of ether oxygens (including phenoxy) is 1. The maximum absolute atomic E-state index is 11.7. The van der Waals surface area contributed by atoms with Gasteiger partial charge in [0.25, 0.3) is 0 Å². The molecule has 104 valence electrons. The number of rotatable bonds is 3. The lowest BCUT2D eigenvalue weighted by Gasteiger charge is -2.06. The summed E-state index contributed by atoms with van der Waals surface area (Å²) in [4.78, 5) is 25.9. The summed E-state index contributed by atoms with van der Waals surface area (Å²) >= 11 is 0. The molecule has 0 atom stereocenters. The molecule has 2 aromatic rings. The lowest BCUT2D eigenvalue weighted by atomic mass is 10.1. The van der Waals surface area contributed by atoms with Crippen molar-refractivity contribution in [2.24, 2.45) is 0 Å². The van der Waals surface area contributed by atoms with Crippen LogP contribution in [0.15, 0.2) is 16.5 Å². The van der Waals surface area contributed by atoms with Crippen LogP contribution in [0.5, 0.6) is 5.75 Å². The van der Waals surface area contributed by atoms with Gasteiger partial charge in [-0.3, -0.25) is 14.9 Å². The van der Waals surface area contributed by atoms with Gasteiger partial charge in [-0.25, -0.2) is 4.98 Å². The van der Waals surface area contributed by atoms with E-state index in [1.54, 1.807) is 0 Å². The van der Waals surface area contributed by atoms with Crippen LogP contribution in [0.3, 0.4) is 0 Å². The van der Waals surface area contributed by atoms with Gasteiger partial charge in [0.2, 0.25) is 5.89 Å². The highest BCUT2D eigenvalue weighted by Gasteiger charge is 2.57. The second kappa shape index (κ2) is 3.92. The van der Waals surface area contributed by atoms with E-state index in [1.807, 2.05) is 0 Å². The van der Waals surface area contributed by atoms with Gasteiger partial charge in [0, 0.05) is 6.07 Å². The fraction of sp³-hybridized carbons (Fsp3) is 0.333. The lowest BCUT2D eigenvalue weighted by molar-refractivity contribution is -0.385. The minimum Gasteiger partial charge on any atom is -0.502 e. The van der Waals surface area contributed by atoms with Crippen LogP contribution in [-0.2, 0) is 14.9 Å². The van der Waals surface area contributed by atoms with E-state index in [4.69, 9.17) is 9.15 Å². The summed E-state index contributed by atoms with van der Waals surface area (Å²) in [5.74, 6) is -0.771. The predicted octanol–water partition coefficient (Wildman–Crippen LogP) is 1.65. The quantitative estimate of drug-likeness (QED) is 0.515. The standard InChI is InChI=1S/C12H10N2O6/c1-19-11(16)12(2-3-12)10-13-6-4-8(15)7(14(17)18)5-9(6)20-10/h4-5,15H,2-3H2,1H3. The number of aromatic nitrogens is 1. The molecule has 0 amide bonds. The Morgan fingerprint density at radius 1 is 1.55 bits per heavy atom. The number of methoxy groups -OCH3 is 1. The molecule has 0 aliphatic heterocycles.